The first-order valence-electron chi connectivity index (χ1n) is 12.1. The number of aliphatic hydroxyl groups excluding tert-OH is 3. The van der Waals surface area contributed by atoms with Gasteiger partial charge in [0.05, 0.1) is 12.7 Å². The van der Waals surface area contributed by atoms with Gasteiger partial charge in [0.25, 0.3) is 0 Å². The fourth-order valence-electron chi connectivity index (χ4n) is 4.58. The smallest absolute Gasteiger partial charge is 0.184 e. The molecule has 0 saturated carbocycles. The van der Waals surface area contributed by atoms with Gasteiger partial charge in [-0.1, -0.05) is 74.4 Å². The normalized spacial score (nSPS) is 31.0. The second-order valence-corrected chi connectivity index (χ2v) is 9.34. The topological polar surface area (TPSA) is 97.6 Å². The molecule has 2 heterocycles. The summed E-state index contributed by atoms with van der Waals surface area (Å²) in [5.41, 5.74) is 3.83. The highest BCUT2D eigenvalue weighted by Gasteiger charge is 2.51. The highest BCUT2D eigenvalue weighted by molar-refractivity contribution is 5.26. The Hall–Kier alpha value is -1.84. The van der Waals surface area contributed by atoms with Crippen LogP contribution in [0.15, 0.2) is 48.5 Å². The maximum Gasteiger partial charge on any atom is 0.184 e. The third-order valence-electron chi connectivity index (χ3n) is 6.70. The van der Waals surface area contributed by atoms with Gasteiger partial charge in [-0.2, -0.15) is 0 Å². The van der Waals surface area contributed by atoms with Crippen molar-refractivity contribution in [3.05, 3.63) is 70.8 Å². The quantitative estimate of drug-likeness (QED) is 0.541. The summed E-state index contributed by atoms with van der Waals surface area (Å²) in [6.45, 7) is 5.69. The molecule has 0 radical (unpaired) electrons. The number of ether oxygens (including phenoxy) is 4. The molecule has 8 unspecified atom stereocenters. The standard InChI is InChI=1S/C27H36O7/c1-4-5-22-24-25(34-26(31-22)20-12-10-18(11-13-20)17(3)14-28)23(21(30)15-29)32-27(33-24)19-8-6-16(2)7-9-19/h6-13,17,21-30H,4-5,14-15H2,1-3H3. The molecular formula is C27H36O7. The summed E-state index contributed by atoms with van der Waals surface area (Å²) < 4.78 is 25.2. The summed E-state index contributed by atoms with van der Waals surface area (Å²) in [7, 11) is 0. The Morgan fingerprint density at radius 3 is 1.97 bits per heavy atom. The minimum atomic E-state index is -1.13. The second kappa shape index (κ2) is 11.3. The Kier molecular flexibility index (Phi) is 8.37. The highest BCUT2D eigenvalue weighted by atomic mass is 16.8. The monoisotopic (exact) mass is 472 g/mol. The molecule has 0 spiro atoms. The Balaban J connectivity index is 1.61. The molecule has 8 atom stereocenters. The average molecular weight is 473 g/mol. The van der Waals surface area contributed by atoms with E-state index in [1.54, 1.807) is 0 Å². The molecular weight excluding hydrogens is 436 g/mol. The van der Waals surface area contributed by atoms with Crippen LogP contribution in [0.1, 0.15) is 67.4 Å². The molecule has 2 aliphatic heterocycles. The maximum atomic E-state index is 10.7. The number of rotatable bonds is 8. The van der Waals surface area contributed by atoms with Crippen molar-refractivity contribution in [2.75, 3.05) is 13.2 Å². The molecule has 2 aliphatic rings. The third kappa shape index (κ3) is 5.36. The van der Waals surface area contributed by atoms with Crippen LogP contribution in [0.25, 0.3) is 0 Å². The summed E-state index contributed by atoms with van der Waals surface area (Å²) in [5, 5.41) is 29.8. The first-order chi connectivity index (χ1) is 16.4. The Labute approximate surface area is 201 Å². The zero-order chi connectivity index (χ0) is 24.2. The molecule has 2 saturated heterocycles. The minimum absolute atomic E-state index is 0.0439. The van der Waals surface area contributed by atoms with E-state index in [2.05, 4.69) is 6.92 Å². The van der Waals surface area contributed by atoms with Gasteiger partial charge >= 0.3 is 0 Å². The fourth-order valence-corrected chi connectivity index (χ4v) is 4.58. The lowest BCUT2D eigenvalue weighted by Crippen LogP contribution is -2.61. The fraction of sp³-hybridized carbons (Fsp3) is 0.556. The van der Waals surface area contributed by atoms with Crippen molar-refractivity contribution in [3.8, 4) is 0 Å². The summed E-state index contributed by atoms with van der Waals surface area (Å²) in [5.74, 6) is 0.0439. The lowest BCUT2D eigenvalue weighted by Gasteiger charge is -2.50. The van der Waals surface area contributed by atoms with Crippen molar-refractivity contribution in [1.82, 2.24) is 0 Å². The Bertz CT molecular complexity index is 900. The van der Waals surface area contributed by atoms with E-state index in [9.17, 15) is 15.3 Å². The average Bonchev–Trinajstić information content (AvgIpc) is 2.87. The molecule has 7 nitrogen and oxygen atoms in total. The van der Waals surface area contributed by atoms with Crippen molar-refractivity contribution < 1.29 is 34.3 Å². The number of hydrogen-bond donors (Lipinski definition) is 3. The van der Waals surface area contributed by atoms with E-state index in [1.807, 2.05) is 62.4 Å². The van der Waals surface area contributed by atoms with Crippen LogP contribution in [-0.4, -0.2) is 59.1 Å². The van der Waals surface area contributed by atoms with Crippen molar-refractivity contribution >= 4 is 0 Å². The number of aryl methyl sites for hydroxylation is 1. The van der Waals surface area contributed by atoms with Crippen LogP contribution in [0.4, 0.5) is 0 Å². The number of hydrogen-bond acceptors (Lipinski definition) is 7. The highest BCUT2D eigenvalue weighted by Crippen LogP contribution is 2.42. The molecule has 3 N–H and O–H groups in total. The van der Waals surface area contributed by atoms with E-state index in [4.69, 9.17) is 18.9 Å². The van der Waals surface area contributed by atoms with Gasteiger partial charge in [-0.05, 0) is 18.9 Å². The largest absolute Gasteiger partial charge is 0.396 e. The molecule has 2 fully saturated rings. The van der Waals surface area contributed by atoms with Crippen molar-refractivity contribution in [3.63, 3.8) is 0 Å². The summed E-state index contributed by atoms with van der Waals surface area (Å²) >= 11 is 0. The Morgan fingerprint density at radius 2 is 1.38 bits per heavy atom. The van der Waals surface area contributed by atoms with Crippen LogP contribution in [-0.2, 0) is 18.9 Å². The van der Waals surface area contributed by atoms with E-state index in [0.29, 0.717) is 0 Å². The summed E-state index contributed by atoms with van der Waals surface area (Å²) in [6, 6.07) is 15.7. The van der Waals surface area contributed by atoms with E-state index < -0.39 is 43.6 Å². The molecule has 2 aromatic rings. The molecule has 0 bridgehead atoms. The Morgan fingerprint density at radius 1 is 0.794 bits per heavy atom. The van der Waals surface area contributed by atoms with E-state index >= 15 is 0 Å². The second-order valence-electron chi connectivity index (χ2n) is 9.34. The number of fused-ring (bicyclic) bond motifs is 1. The van der Waals surface area contributed by atoms with Gasteiger partial charge in [0.1, 0.15) is 24.4 Å². The predicted molar refractivity (Wildman–Crippen MR) is 126 cm³/mol. The number of aliphatic hydroxyl groups is 3. The van der Waals surface area contributed by atoms with Crippen LogP contribution >= 0.6 is 0 Å². The SMILES string of the molecule is CCCC1OC(c2ccc(C(C)CO)cc2)OC2C(C(O)CO)OC(c3ccc(C)cc3)OC12. The van der Waals surface area contributed by atoms with Gasteiger partial charge in [-0.3, -0.25) is 0 Å². The zero-order valence-electron chi connectivity index (χ0n) is 20.0. The minimum Gasteiger partial charge on any atom is -0.396 e. The third-order valence-corrected chi connectivity index (χ3v) is 6.70. The van der Waals surface area contributed by atoms with Crippen LogP contribution in [0.5, 0.6) is 0 Å². The van der Waals surface area contributed by atoms with Crippen molar-refractivity contribution in [2.24, 2.45) is 0 Å². The molecule has 34 heavy (non-hydrogen) atoms. The van der Waals surface area contributed by atoms with Gasteiger partial charge in [-0.25, -0.2) is 0 Å². The van der Waals surface area contributed by atoms with Gasteiger partial charge in [0.15, 0.2) is 12.6 Å². The van der Waals surface area contributed by atoms with Crippen LogP contribution in [0.2, 0.25) is 0 Å². The van der Waals surface area contributed by atoms with E-state index in [1.165, 1.54) is 0 Å². The van der Waals surface area contributed by atoms with Crippen molar-refractivity contribution in [1.29, 1.82) is 0 Å². The lowest BCUT2D eigenvalue weighted by molar-refractivity contribution is -0.391. The predicted octanol–water partition coefficient (Wildman–Crippen LogP) is 3.51. The van der Waals surface area contributed by atoms with E-state index in [-0.39, 0.29) is 18.6 Å². The zero-order valence-corrected chi connectivity index (χ0v) is 20.0. The summed E-state index contributed by atoms with van der Waals surface area (Å²) in [4.78, 5) is 0. The van der Waals surface area contributed by atoms with Gasteiger partial charge in [-0.15, -0.1) is 0 Å². The van der Waals surface area contributed by atoms with E-state index in [0.717, 1.165) is 35.1 Å². The number of benzene rings is 2. The summed E-state index contributed by atoms with van der Waals surface area (Å²) in [6.07, 6.45) is -2.97. The molecule has 0 aromatic heterocycles. The lowest BCUT2D eigenvalue weighted by atomic mass is 9.93. The molecule has 0 amide bonds. The van der Waals surface area contributed by atoms with Crippen LogP contribution in [0, 0.1) is 6.92 Å². The van der Waals surface area contributed by atoms with Crippen LogP contribution in [0.3, 0.4) is 0 Å². The van der Waals surface area contributed by atoms with Gasteiger partial charge in [0, 0.05) is 23.7 Å². The van der Waals surface area contributed by atoms with Gasteiger partial charge < -0.3 is 34.3 Å². The maximum absolute atomic E-state index is 10.7. The molecule has 2 aromatic carbocycles. The van der Waals surface area contributed by atoms with Gasteiger partial charge in [0.2, 0.25) is 0 Å². The van der Waals surface area contributed by atoms with Crippen molar-refractivity contribution in [2.45, 2.75) is 82.6 Å². The molecule has 4 rings (SSSR count). The van der Waals surface area contributed by atoms with Crippen LogP contribution < -0.4 is 0 Å². The first-order valence-corrected chi connectivity index (χ1v) is 12.1. The first kappa shape index (κ1) is 25.3. The molecule has 7 heteroatoms. The molecule has 0 aliphatic carbocycles. The molecule has 186 valence electrons.